The predicted octanol–water partition coefficient (Wildman–Crippen LogP) is 2.50. The third-order valence-electron chi connectivity index (χ3n) is 2.37. The van der Waals surface area contributed by atoms with Crippen LogP contribution in [-0.4, -0.2) is 14.8 Å². The Kier molecular flexibility index (Phi) is 3.28. The fraction of sp³-hybridized carbons (Fsp3) is 0.273. The molecule has 2 heterocycles. The van der Waals surface area contributed by atoms with E-state index in [9.17, 15) is 4.39 Å². The first-order chi connectivity index (χ1) is 8.09. The zero-order valence-electron chi connectivity index (χ0n) is 9.44. The van der Waals surface area contributed by atoms with Crippen LogP contribution in [0.5, 0.6) is 5.75 Å². The summed E-state index contributed by atoms with van der Waals surface area (Å²) in [5, 5.41) is 4.63. The van der Waals surface area contributed by atoms with Crippen molar-refractivity contribution in [3.63, 3.8) is 0 Å². The highest BCUT2D eigenvalue weighted by molar-refractivity contribution is 6.30. The van der Waals surface area contributed by atoms with E-state index in [0.29, 0.717) is 5.15 Å². The third-order valence-corrected chi connectivity index (χ3v) is 2.84. The number of aryl methyl sites for hydroxylation is 2. The number of hydrogen-bond acceptors (Lipinski definition) is 3. The topological polar surface area (TPSA) is 39.9 Å². The van der Waals surface area contributed by atoms with Crippen molar-refractivity contribution in [2.75, 3.05) is 0 Å². The molecule has 0 aliphatic rings. The molecule has 0 amide bonds. The van der Waals surface area contributed by atoms with Crippen LogP contribution in [0.4, 0.5) is 4.39 Å². The van der Waals surface area contributed by atoms with E-state index in [-0.39, 0.29) is 12.4 Å². The van der Waals surface area contributed by atoms with E-state index < -0.39 is 5.95 Å². The molecule has 0 radical (unpaired) electrons. The summed E-state index contributed by atoms with van der Waals surface area (Å²) in [6, 6.07) is 3.12. The van der Waals surface area contributed by atoms with Crippen LogP contribution in [0, 0.1) is 12.9 Å². The second-order valence-electron chi connectivity index (χ2n) is 3.56. The van der Waals surface area contributed by atoms with Crippen LogP contribution in [-0.2, 0) is 13.7 Å². The average molecular weight is 256 g/mol. The molecule has 0 unspecified atom stereocenters. The van der Waals surface area contributed by atoms with Gasteiger partial charge in [-0.2, -0.15) is 9.49 Å². The Hall–Kier alpha value is -1.62. The fourth-order valence-electron chi connectivity index (χ4n) is 1.47. The Labute approximate surface area is 103 Å². The lowest BCUT2D eigenvalue weighted by Gasteiger charge is -2.05. The van der Waals surface area contributed by atoms with Crippen LogP contribution in [0.15, 0.2) is 18.3 Å². The Morgan fingerprint density at radius 3 is 2.88 bits per heavy atom. The number of rotatable bonds is 3. The molecule has 0 spiro atoms. The highest BCUT2D eigenvalue weighted by Crippen LogP contribution is 2.21. The van der Waals surface area contributed by atoms with Crippen LogP contribution in [0.3, 0.4) is 0 Å². The standard InChI is InChI=1S/C11H11ClFN3O/c1-7-8(10(12)16(2)15-7)6-17-9-4-3-5-14-11(9)13/h3-5H,6H2,1-2H3. The molecule has 2 rings (SSSR count). The smallest absolute Gasteiger partial charge is 0.255 e. The Balaban J connectivity index is 2.15. The van der Waals surface area contributed by atoms with Crippen LogP contribution >= 0.6 is 11.6 Å². The predicted molar refractivity (Wildman–Crippen MR) is 61.5 cm³/mol. The van der Waals surface area contributed by atoms with Crippen molar-refractivity contribution in [1.82, 2.24) is 14.8 Å². The first-order valence-corrected chi connectivity index (χ1v) is 5.38. The maximum absolute atomic E-state index is 13.2. The molecule has 0 bridgehead atoms. The summed E-state index contributed by atoms with van der Waals surface area (Å²) < 4.78 is 20.1. The maximum Gasteiger partial charge on any atom is 0.255 e. The van der Waals surface area contributed by atoms with Gasteiger partial charge in [-0.25, -0.2) is 4.98 Å². The molecule has 0 fully saturated rings. The minimum absolute atomic E-state index is 0.104. The van der Waals surface area contributed by atoms with Crippen molar-refractivity contribution >= 4 is 11.6 Å². The van der Waals surface area contributed by atoms with Crippen LogP contribution < -0.4 is 4.74 Å². The molecule has 0 saturated heterocycles. The minimum Gasteiger partial charge on any atom is -0.484 e. The Morgan fingerprint density at radius 1 is 1.53 bits per heavy atom. The van der Waals surface area contributed by atoms with Gasteiger partial charge in [-0.3, -0.25) is 4.68 Å². The molecule has 2 aromatic rings. The number of nitrogens with zero attached hydrogens (tertiary/aromatic N) is 3. The SMILES string of the molecule is Cc1nn(C)c(Cl)c1COc1cccnc1F. The van der Waals surface area contributed by atoms with Gasteiger partial charge in [0.15, 0.2) is 5.75 Å². The molecular weight excluding hydrogens is 245 g/mol. The minimum atomic E-state index is -0.634. The second-order valence-corrected chi connectivity index (χ2v) is 3.92. The normalized spacial score (nSPS) is 10.6. The molecule has 4 nitrogen and oxygen atoms in total. The summed E-state index contributed by atoms with van der Waals surface area (Å²) in [7, 11) is 1.74. The maximum atomic E-state index is 13.2. The van der Waals surface area contributed by atoms with Gasteiger partial charge in [0.05, 0.1) is 5.69 Å². The van der Waals surface area contributed by atoms with Crippen LogP contribution in [0.2, 0.25) is 5.15 Å². The van der Waals surface area contributed by atoms with Crippen LogP contribution in [0.1, 0.15) is 11.3 Å². The van der Waals surface area contributed by atoms with Crippen molar-refractivity contribution in [2.45, 2.75) is 13.5 Å². The number of pyridine rings is 1. The molecule has 2 aromatic heterocycles. The van der Waals surface area contributed by atoms with E-state index in [1.807, 2.05) is 6.92 Å². The van der Waals surface area contributed by atoms with Crippen molar-refractivity contribution in [3.8, 4) is 5.75 Å². The van der Waals surface area contributed by atoms with E-state index in [4.69, 9.17) is 16.3 Å². The summed E-state index contributed by atoms with van der Waals surface area (Å²) in [4.78, 5) is 3.50. The highest BCUT2D eigenvalue weighted by Gasteiger charge is 2.12. The molecule has 90 valence electrons. The summed E-state index contributed by atoms with van der Waals surface area (Å²) in [5.41, 5.74) is 1.51. The van der Waals surface area contributed by atoms with Crippen molar-refractivity contribution < 1.29 is 9.13 Å². The molecular formula is C11H11ClFN3O. The largest absolute Gasteiger partial charge is 0.484 e. The third kappa shape index (κ3) is 2.39. The summed E-state index contributed by atoms with van der Waals surface area (Å²) >= 11 is 6.03. The quantitative estimate of drug-likeness (QED) is 0.791. The van der Waals surface area contributed by atoms with Gasteiger partial charge < -0.3 is 4.74 Å². The van der Waals surface area contributed by atoms with Crippen molar-refractivity contribution in [3.05, 3.63) is 40.7 Å². The van der Waals surface area contributed by atoms with Gasteiger partial charge in [-0.05, 0) is 19.1 Å². The summed E-state index contributed by atoms with van der Waals surface area (Å²) in [6.07, 6.45) is 1.37. The van der Waals surface area contributed by atoms with E-state index in [1.54, 1.807) is 17.8 Å². The average Bonchev–Trinajstić information content (AvgIpc) is 2.53. The Bertz CT molecular complexity index is 542. The lowest BCUT2D eigenvalue weighted by atomic mass is 10.3. The highest BCUT2D eigenvalue weighted by atomic mass is 35.5. The zero-order valence-corrected chi connectivity index (χ0v) is 10.2. The lowest BCUT2D eigenvalue weighted by molar-refractivity contribution is 0.285. The summed E-state index contributed by atoms with van der Waals surface area (Å²) in [5.74, 6) is -0.531. The molecule has 0 aromatic carbocycles. The van der Waals surface area contributed by atoms with Gasteiger partial charge in [-0.15, -0.1) is 0 Å². The number of ether oxygens (including phenoxy) is 1. The van der Waals surface area contributed by atoms with Crippen LogP contribution in [0.25, 0.3) is 0 Å². The van der Waals surface area contributed by atoms with E-state index in [0.717, 1.165) is 11.3 Å². The molecule has 0 aliphatic heterocycles. The van der Waals surface area contributed by atoms with Crippen molar-refractivity contribution in [1.29, 1.82) is 0 Å². The van der Waals surface area contributed by atoms with E-state index in [1.165, 1.54) is 12.3 Å². The van der Waals surface area contributed by atoms with Gasteiger partial charge >= 0.3 is 0 Å². The summed E-state index contributed by atoms with van der Waals surface area (Å²) in [6.45, 7) is 1.99. The molecule has 0 saturated carbocycles. The Morgan fingerprint density at radius 2 is 2.29 bits per heavy atom. The van der Waals surface area contributed by atoms with Crippen molar-refractivity contribution in [2.24, 2.45) is 7.05 Å². The van der Waals surface area contributed by atoms with Gasteiger partial charge in [0, 0.05) is 18.8 Å². The van der Waals surface area contributed by atoms with E-state index >= 15 is 0 Å². The van der Waals surface area contributed by atoms with E-state index in [2.05, 4.69) is 10.1 Å². The molecule has 0 atom stereocenters. The number of hydrogen-bond donors (Lipinski definition) is 0. The monoisotopic (exact) mass is 255 g/mol. The molecule has 0 aliphatic carbocycles. The van der Waals surface area contributed by atoms with Gasteiger partial charge in [0.25, 0.3) is 5.95 Å². The van der Waals surface area contributed by atoms with Gasteiger partial charge in [0.1, 0.15) is 11.8 Å². The van der Waals surface area contributed by atoms with Gasteiger partial charge in [0.2, 0.25) is 0 Å². The molecule has 17 heavy (non-hydrogen) atoms. The molecule has 0 N–H and O–H groups in total. The first kappa shape index (κ1) is 11.9. The first-order valence-electron chi connectivity index (χ1n) is 5.01. The second kappa shape index (κ2) is 4.71. The fourth-order valence-corrected chi connectivity index (χ4v) is 1.70. The number of halogens is 2. The lowest BCUT2D eigenvalue weighted by Crippen LogP contribution is -1.99. The number of aromatic nitrogens is 3. The molecule has 6 heteroatoms. The zero-order chi connectivity index (χ0) is 12.4. The van der Waals surface area contributed by atoms with Gasteiger partial charge in [-0.1, -0.05) is 11.6 Å².